The van der Waals surface area contributed by atoms with Crippen molar-refractivity contribution in [2.45, 2.75) is 19.8 Å². The van der Waals surface area contributed by atoms with Gasteiger partial charge in [0.2, 0.25) is 0 Å². The van der Waals surface area contributed by atoms with E-state index in [0.29, 0.717) is 6.42 Å². The molecule has 0 spiro atoms. The molecule has 0 radical (unpaired) electrons. The summed E-state index contributed by atoms with van der Waals surface area (Å²) in [6, 6.07) is 9.79. The Morgan fingerprint density at radius 3 is 1.92 bits per heavy atom. The van der Waals surface area contributed by atoms with Crippen molar-refractivity contribution in [3.63, 3.8) is 0 Å². The molecule has 0 unspecified atom stereocenters. The Bertz CT molecular complexity index is 748. The van der Waals surface area contributed by atoms with E-state index in [1.54, 1.807) is 6.08 Å². The maximum absolute atomic E-state index is 11.6. The monoisotopic (exact) mass is 386 g/mol. The zero-order chi connectivity index (χ0) is 17.9. The van der Waals surface area contributed by atoms with Gasteiger partial charge in [0.15, 0.2) is 0 Å². The molecule has 1 aromatic rings. The molecule has 0 aliphatic heterocycles. The van der Waals surface area contributed by atoms with Crippen LogP contribution in [0.4, 0.5) is 0 Å². The van der Waals surface area contributed by atoms with Crippen LogP contribution >= 0.6 is 0 Å². The number of allylic oxidation sites excluding steroid dienone is 12. The minimum atomic E-state index is 0. The Labute approximate surface area is 166 Å². The fraction of sp³-hybridized carbons (Fsp3) is 0.130. The molecule has 2 aliphatic carbocycles. The van der Waals surface area contributed by atoms with E-state index in [-0.39, 0.29) is 28.6 Å². The molecular formula is C23H22FeO2. The quantitative estimate of drug-likeness (QED) is 0.581. The zero-order valence-corrected chi connectivity index (χ0v) is 15.8. The first-order valence-electron chi connectivity index (χ1n) is 8.44. The average Bonchev–Trinajstić information content (AvgIpc) is 3.35. The molecule has 3 rings (SSSR count). The Kier molecular flexibility index (Phi) is 9.92. The summed E-state index contributed by atoms with van der Waals surface area (Å²) >= 11 is 0. The summed E-state index contributed by atoms with van der Waals surface area (Å²) in [5.41, 5.74) is 2.63. The molecule has 26 heavy (non-hydrogen) atoms. The van der Waals surface area contributed by atoms with Gasteiger partial charge in [-0.05, 0) is 23.1 Å². The van der Waals surface area contributed by atoms with Gasteiger partial charge in [0.25, 0.3) is 0 Å². The maximum atomic E-state index is 11.6. The molecule has 0 saturated heterocycles. The second-order valence-electron chi connectivity index (χ2n) is 5.63. The Morgan fingerprint density at radius 2 is 1.38 bits per heavy atom. The molecule has 0 heterocycles. The molecule has 2 aliphatic rings. The summed E-state index contributed by atoms with van der Waals surface area (Å²) in [6.45, 7) is 2.01. The summed E-state index contributed by atoms with van der Waals surface area (Å²) < 4.78 is 0. The van der Waals surface area contributed by atoms with Crippen LogP contribution in [0.1, 0.15) is 25.3 Å². The van der Waals surface area contributed by atoms with Crippen LogP contribution in [0.5, 0.6) is 0 Å². The molecular weight excluding hydrogens is 364 g/mol. The van der Waals surface area contributed by atoms with Crippen molar-refractivity contribution in [2.24, 2.45) is 0 Å². The van der Waals surface area contributed by atoms with Gasteiger partial charge >= 0.3 is 17.1 Å². The van der Waals surface area contributed by atoms with Gasteiger partial charge in [0, 0.05) is 0 Å². The first-order valence-corrected chi connectivity index (χ1v) is 8.44. The Balaban J connectivity index is 0.000000270. The predicted octanol–water partition coefficient (Wildman–Crippen LogP) is 3.96. The Morgan fingerprint density at radius 1 is 0.846 bits per heavy atom. The molecule has 1 aromatic carbocycles. The maximum Gasteiger partial charge on any atom is 2.00 e. The molecule has 0 amide bonds. The molecule has 0 bridgehead atoms. The number of hydrogen-bond donors (Lipinski definition) is 0. The normalized spacial score (nSPS) is 13.7. The van der Waals surface area contributed by atoms with E-state index in [9.17, 15) is 10.2 Å². The van der Waals surface area contributed by atoms with Crippen LogP contribution in [-0.4, -0.2) is 0 Å². The van der Waals surface area contributed by atoms with Crippen LogP contribution in [0.3, 0.4) is 0 Å². The van der Waals surface area contributed by atoms with E-state index < -0.39 is 0 Å². The average molecular weight is 386 g/mol. The summed E-state index contributed by atoms with van der Waals surface area (Å²) in [5.74, 6) is 0.302. The minimum absolute atomic E-state index is 0. The molecule has 2 nitrogen and oxygen atoms in total. The Hall–Kier alpha value is -2.48. The fourth-order valence-electron chi connectivity index (χ4n) is 2.30. The fourth-order valence-corrected chi connectivity index (χ4v) is 2.30. The van der Waals surface area contributed by atoms with Crippen molar-refractivity contribution < 1.29 is 27.3 Å². The van der Waals surface area contributed by atoms with Crippen molar-refractivity contribution in [2.75, 3.05) is 0 Å². The second kappa shape index (κ2) is 12.0. The standard InChI is InChI=1S/C14H12O.C9H12O.Fe/c15-14(13-8-4-5-9-13)11-10-12-6-2-1-3-7-12;1-2-5-9(10)8-6-3-4-7-8;/h1-11,15H;3-4,6-7,10H,2,5H2,1H3;/q;;+2/p-2. The van der Waals surface area contributed by atoms with Gasteiger partial charge in [-0.3, -0.25) is 0 Å². The molecule has 3 heteroatoms. The predicted molar refractivity (Wildman–Crippen MR) is 101 cm³/mol. The van der Waals surface area contributed by atoms with Crippen LogP contribution in [0, 0.1) is 0 Å². The van der Waals surface area contributed by atoms with Gasteiger partial charge in [-0.15, -0.1) is 11.5 Å². The third kappa shape index (κ3) is 7.18. The van der Waals surface area contributed by atoms with Crippen LogP contribution < -0.4 is 10.2 Å². The van der Waals surface area contributed by atoms with Gasteiger partial charge in [-0.1, -0.05) is 104 Å². The molecule has 0 aromatic heterocycles. The van der Waals surface area contributed by atoms with Crippen molar-refractivity contribution in [3.8, 4) is 0 Å². The first kappa shape index (κ1) is 21.6. The van der Waals surface area contributed by atoms with Crippen LogP contribution in [-0.2, 0) is 17.1 Å². The summed E-state index contributed by atoms with van der Waals surface area (Å²) in [7, 11) is 0. The molecule has 0 fully saturated rings. The van der Waals surface area contributed by atoms with Crippen LogP contribution in [0.15, 0.2) is 108 Å². The first-order chi connectivity index (χ1) is 12.2. The molecule has 0 saturated carbocycles. The summed E-state index contributed by atoms with van der Waals surface area (Å²) in [6.07, 6.45) is 19.9. The number of hydrogen-bond acceptors (Lipinski definition) is 2. The van der Waals surface area contributed by atoms with Gasteiger partial charge in [-0.2, -0.15) is 0 Å². The van der Waals surface area contributed by atoms with E-state index in [4.69, 9.17) is 0 Å². The molecule has 0 N–H and O–H groups in total. The third-order valence-corrected chi connectivity index (χ3v) is 3.64. The molecule has 0 atom stereocenters. The summed E-state index contributed by atoms with van der Waals surface area (Å²) in [4.78, 5) is 0. The largest absolute Gasteiger partial charge is 2.00 e. The SMILES string of the molecule is CCCC([O-])=C1C=CC=C1.[Fe+2].[O-]C(C=Cc1ccccc1)=C1C=CC=C1. The van der Waals surface area contributed by atoms with Gasteiger partial charge in [0.05, 0.1) is 0 Å². The van der Waals surface area contributed by atoms with E-state index in [1.807, 2.05) is 91.9 Å². The van der Waals surface area contributed by atoms with Crippen molar-refractivity contribution in [3.05, 3.63) is 113 Å². The topological polar surface area (TPSA) is 46.1 Å². The number of rotatable bonds is 4. The summed E-state index contributed by atoms with van der Waals surface area (Å²) in [5, 5.41) is 22.7. The van der Waals surface area contributed by atoms with Crippen molar-refractivity contribution in [1.82, 2.24) is 0 Å². The van der Waals surface area contributed by atoms with Crippen LogP contribution in [0.2, 0.25) is 0 Å². The van der Waals surface area contributed by atoms with E-state index >= 15 is 0 Å². The minimum Gasteiger partial charge on any atom is -0.875 e. The van der Waals surface area contributed by atoms with Gasteiger partial charge in [0.1, 0.15) is 0 Å². The van der Waals surface area contributed by atoms with Crippen molar-refractivity contribution >= 4 is 6.08 Å². The van der Waals surface area contributed by atoms with Gasteiger partial charge < -0.3 is 10.2 Å². The second-order valence-corrected chi connectivity index (χ2v) is 5.63. The zero-order valence-electron chi connectivity index (χ0n) is 14.7. The third-order valence-electron chi connectivity index (χ3n) is 3.64. The number of benzene rings is 1. The van der Waals surface area contributed by atoms with Crippen molar-refractivity contribution in [1.29, 1.82) is 0 Å². The van der Waals surface area contributed by atoms with Crippen LogP contribution in [0.25, 0.3) is 6.08 Å². The van der Waals surface area contributed by atoms with E-state index in [1.165, 1.54) is 0 Å². The van der Waals surface area contributed by atoms with E-state index in [0.717, 1.165) is 23.1 Å². The molecule has 134 valence electrons. The van der Waals surface area contributed by atoms with Gasteiger partial charge in [-0.25, -0.2) is 0 Å². The van der Waals surface area contributed by atoms with E-state index in [2.05, 4.69) is 0 Å². The smallest absolute Gasteiger partial charge is 0.875 e.